The lowest BCUT2D eigenvalue weighted by Crippen LogP contribution is -2.31. The summed E-state index contributed by atoms with van der Waals surface area (Å²) in [7, 11) is 0. The molecule has 2 amide bonds. The van der Waals surface area contributed by atoms with Crippen molar-refractivity contribution in [2.75, 3.05) is 18.5 Å². The van der Waals surface area contributed by atoms with Gasteiger partial charge in [-0.25, -0.2) is 0 Å². The molecule has 0 aromatic heterocycles. The fourth-order valence-electron chi connectivity index (χ4n) is 1.97. The number of carbonyl (C=O) groups excluding carboxylic acids is 3. The van der Waals surface area contributed by atoms with Gasteiger partial charge in [0.1, 0.15) is 5.75 Å². The van der Waals surface area contributed by atoms with E-state index in [1.807, 2.05) is 20.8 Å². The van der Waals surface area contributed by atoms with Crippen LogP contribution in [0.5, 0.6) is 5.75 Å². The Morgan fingerprint density at radius 1 is 1.17 bits per heavy atom. The van der Waals surface area contributed by atoms with Crippen molar-refractivity contribution in [1.82, 2.24) is 5.32 Å². The van der Waals surface area contributed by atoms with Crippen molar-refractivity contribution >= 4 is 23.3 Å². The van der Waals surface area contributed by atoms with Crippen LogP contribution in [0.3, 0.4) is 0 Å². The third-order valence-electron chi connectivity index (χ3n) is 3.19. The first-order chi connectivity index (χ1) is 11.3. The maximum atomic E-state index is 11.8. The number of carbonyl (C=O) groups is 3. The minimum Gasteiger partial charge on any atom is -0.483 e. The first-order valence-corrected chi connectivity index (χ1v) is 8.17. The average Bonchev–Trinajstić information content (AvgIpc) is 2.51. The van der Waals surface area contributed by atoms with E-state index in [4.69, 9.17) is 4.74 Å². The van der Waals surface area contributed by atoms with Crippen molar-refractivity contribution in [3.05, 3.63) is 23.8 Å². The molecule has 0 aliphatic heterocycles. The molecule has 2 N–H and O–H groups in total. The van der Waals surface area contributed by atoms with Crippen LogP contribution in [0.1, 0.15) is 50.9 Å². The number of rotatable bonds is 9. The minimum atomic E-state index is -0.237. The zero-order valence-electron chi connectivity index (χ0n) is 14.8. The van der Waals surface area contributed by atoms with Crippen LogP contribution in [0.25, 0.3) is 0 Å². The second-order valence-electron chi connectivity index (χ2n) is 6.05. The molecule has 6 nitrogen and oxygen atoms in total. The smallest absolute Gasteiger partial charge is 0.257 e. The number of hydrogen-bond donors (Lipinski definition) is 2. The molecular formula is C18H26N2O4. The molecule has 1 aromatic rings. The van der Waals surface area contributed by atoms with Gasteiger partial charge >= 0.3 is 0 Å². The van der Waals surface area contributed by atoms with Gasteiger partial charge in [-0.15, -0.1) is 0 Å². The van der Waals surface area contributed by atoms with Crippen molar-refractivity contribution in [2.45, 2.75) is 40.5 Å². The number of ether oxygens (including phenoxy) is 1. The minimum absolute atomic E-state index is 0.103. The second kappa shape index (κ2) is 9.70. The van der Waals surface area contributed by atoms with Gasteiger partial charge < -0.3 is 15.4 Å². The first kappa shape index (κ1) is 19.7. The van der Waals surface area contributed by atoms with Crippen molar-refractivity contribution in [1.29, 1.82) is 0 Å². The Labute approximate surface area is 143 Å². The third-order valence-corrected chi connectivity index (χ3v) is 3.19. The van der Waals surface area contributed by atoms with E-state index in [2.05, 4.69) is 10.6 Å². The van der Waals surface area contributed by atoms with Gasteiger partial charge in [0.25, 0.3) is 5.91 Å². The van der Waals surface area contributed by atoms with Gasteiger partial charge in [-0.05, 0) is 37.5 Å². The summed E-state index contributed by atoms with van der Waals surface area (Å²) in [6.45, 7) is 7.75. The van der Waals surface area contributed by atoms with E-state index >= 15 is 0 Å². The molecule has 24 heavy (non-hydrogen) atoms. The van der Waals surface area contributed by atoms with Crippen molar-refractivity contribution in [3.63, 3.8) is 0 Å². The second-order valence-corrected chi connectivity index (χ2v) is 6.05. The SMILES string of the molecule is CCCC(=O)Nc1ccc(OCC(=O)NCC(C)C)c(C(C)=O)c1. The predicted octanol–water partition coefficient (Wildman–Crippen LogP) is 2.78. The van der Waals surface area contributed by atoms with Crippen LogP contribution in [0, 0.1) is 5.92 Å². The van der Waals surface area contributed by atoms with Gasteiger partial charge in [-0.1, -0.05) is 20.8 Å². The lowest BCUT2D eigenvalue weighted by Gasteiger charge is -2.13. The van der Waals surface area contributed by atoms with Crippen LogP contribution in [0.15, 0.2) is 18.2 Å². The molecule has 0 spiro atoms. The predicted molar refractivity (Wildman–Crippen MR) is 93.3 cm³/mol. The highest BCUT2D eigenvalue weighted by atomic mass is 16.5. The fraction of sp³-hybridized carbons (Fsp3) is 0.500. The summed E-state index contributed by atoms with van der Waals surface area (Å²) in [6.07, 6.45) is 1.17. The molecule has 0 saturated carbocycles. The topological polar surface area (TPSA) is 84.5 Å². The number of nitrogens with one attached hydrogen (secondary N) is 2. The van der Waals surface area contributed by atoms with E-state index in [0.717, 1.165) is 6.42 Å². The quantitative estimate of drug-likeness (QED) is 0.680. The van der Waals surface area contributed by atoms with Crippen LogP contribution in [-0.4, -0.2) is 30.7 Å². The first-order valence-electron chi connectivity index (χ1n) is 8.17. The molecule has 0 saturated heterocycles. The molecule has 0 aliphatic rings. The number of benzene rings is 1. The molecule has 6 heteroatoms. The molecule has 0 aliphatic carbocycles. The highest BCUT2D eigenvalue weighted by Gasteiger charge is 2.13. The molecule has 0 unspecified atom stereocenters. The van der Waals surface area contributed by atoms with E-state index in [9.17, 15) is 14.4 Å². The normalized spacial score (nSPS) is 10.4. The number of amides is 2. The molecule has 1 aromatic carbocycles. The molecule has 0 radical (unpaired) electrons. The molecule has 1 rings (SSSR count). The Bertz CT molecular complexity index is 597. The summed E-state index contributed by atoms with van der Waals surface area (Å²) in [5.41, 5.74) is 0.871. The van der Waals surface area contributed by atoms with Crippen LogP contribution >= 0.6 is 0 Å². The number of ketones is 1. The van der Waals surface area contributed by atoms with Gasteiger partial charge in [0.05, 0.1) is 5.56 Å². The van der Waals surface area contributed by atoms with Crippen LogP contribution < -0.4 is 15.4 Å². The standard InChI is InChI=1S/C18H26N2O4/c1-5-6-17(22)20-14-7-8-16(15(9-14)13(4)21)24-11-18(23)19-10-12(2)3/h7-9,12H,5-6,10-11H2,1-4H3,(H,19,23)(H,20,22). The van der Waals surface area contributed by atoms with E-state index in [0.29, 0.717) is 35.9 Å². The largest absolute Gasteiger partial charge is 0.483 e. The Hall–Kier alpha value is -2.37. The van der Waals surface area contributed by atoms with E-state index in [1.165, 1.54) is 6.92 Å². The van der Waals surface area contributed by atoms with Crippen molar-refractivity contribution in [2.24, 2.45) is 5.92 Å². The summed E-state index contributed by atoms with van der Waals surface area (Å²) < 4.78 is 5.45. The molecular weight excluding hydrogens is 308 g/mol. The molecule has 0 fully saturated rings. The average molecular weight is 334 g/mol. The molecule has 0 bridgehead atoms. The molecule has 0 atom stereocenters. The summed E-state index contributed by atoms with van der Waals surface area (Å²) in [6, 6.07) is 4.81. The van der Waals surface area contributed by atoms with Gasteiger partial charge in [0.15, 0.2) is 12.4 Å². The zero-order valence-corrected chi connectivity index (χ0v) is 14.8. The van der Waals surface area contributed by atoms with E-state index < -0.39 is 0 Å². The Morgan fingerprint density at radius 2 is 1.88 bits per heavy atom. The van der Waals surface area contributed by atoms with Crippen LogP contribution in [0.4, 0.5) is 5.69 Å². The summed E-state index contributed by atoms with van der Waals surface area (Å²) >= 11 is 0. The van der Waals surface area contributed by atoms with E-state index in [1.54, 1.807) is 18.2 Å². The zero-order chi connectivity index (χ0) is 18.1. The monoisotopic (exact) mass is 334 g/mol. The van der Waals surface area contributed by atoms with Crippen molar-refractivity contribution < 1.29 is 19.1 Å². The summed E-state index contributed by atoms with van der Waals surface area (Å²) in [5.74, 6) is 0.148. The number of anilines is 1. The lowest BCUT2D eigenvalue weighted by atomic mass is 10.1. The Balaban J connectivity index is 2.75. The lowest BCUT2D eigenvalue weighted by molar-refractivity contribution is -0.123. The highest BCUT2D eigenvalue weighted by molar-refractivity contribution is 5.99. The number of Topliss-reactive ketones (excluding diaryl/α,β-unsaturated/α-hetero) is 1. The van der Waals surface area contributed by atoms with Crippen LogP contribution in [-0.2, 0) is 9.59 Å². The van der Waals surface area contributed by atoms with Gasteiger partial charge in [0.2, 0.25) is 5.91 Å². The maximum Gasteiger partial charge on any atom is 0.257 e. The summed E-state index contributed by atoms with van der Waals surface area (Å²) in [5, 5.41) is 5.48. The van der Waals surface area contributed by atoms with Crippen LogP contribution in [0.2, 0.25) is 0 Å². The van der Waals surface area contributed by atoms with E-state index in [-0.39, 0.29) is 24.2 Å². The Morgan fingerprint density at radius 3 is 2.46 bits per heavy atom. The molecule has 0 heterocycles. The summed E-state index contributed by atoms with van der Waals surface area (Å²) in [4.78, 5) is 35.1. The maximum absolute atomic E-state index is 11.8. The Kier molecular flexibility index (Phi) is 7.95. The van der Waals surface area contributed by atoms with Gasteiger partial charge in [-0.2, -0.15) is 0 Å². The fourth-order valence-corrected chi connectivity index (χ4v) is 1.97. The number of hydrogen-bond acceptors (Lipinski definition) is 4. The van der Waals surface area contributed by atoms with Crippen molar-refractivity contribution in [3.8, 4) is 5.75 Å². The third kappa shape index (κ3) is 6.81. The molecule has 132 valence electrons. The van der Waals surface area contributed by atoms with Gasteiger partial charge in [-0.3, -0.25) is 14.4 Å². The highest BCUT2D eigenvalue weighted by Crippen LogP contribution is 2.23. The van der Waals surface area contributed by atoms with Gasteiger partial charge in [0, 0.05) is 18.7 Å².